The van der Waals surface area contributed by atoms with E-state index in [1.165, 1.54) is 26.4 Å². The average molecular weight is 301 g/mol. The molecule has 1 aliphatic rings. The zero-order chi connectivity index (χ0) is 14.8. The maximum Gasteiger partial charge on any atom is 0.240 e. The predicted octanol–water partition coefficient (Wildman–Crippen LogP) is 0.753. The monoisotopic (exact) mass is 301 g/mol. The zero-order valence-electron chi connectivity index (χ0n) is 11.5. The summed E-state index contributed by atoms with van der Waals surface area (Å²) in [7, 11) is -0.626. The molecule has 6 nitrogen and oxygen atoms in total. The molecule has 1 aromatic carbocycles. The van der Waals surface area contributed by atoms with Gasteiger partial charge in [-0.05, 0) is 30.9 Å². The van der Waals surface area contributed by atoms with Crippen molar-refractivity contribution in [3.05, 3.63) is 18.2 Å². The van der Waals surface area contributed by atoms with Gasteiger partial charge >= 0.3 is 0 Å². The lowest BCUT2D eigenvalue weighted by Gasteiger charge is -2.31. The maximum atomic E-state index is 12.2. The molecule has 20 heavy (non-hydrogen) atoms. The van der Waals surface area contributed by atoms with Crippen LogP contribution in [0, 0.1) is 5.92 Å². The van der Waals surface area contributed by atoms with E-state index in [1.54, 1.807) is 6.07 Å². The molecule has 1 saturated carbocycles. The molecule has 0 amide bonds. The van der Waals surface area contributed by atoms with E-state index in [9.17, 15) is 13.5 Å². The number of rotatable bonds is 6. The summed E-state index contributed by atoms with van der Waals surface area (Å²) in [6, 6.07) is 4.45. The molecule has 0 unspecified atom stereocenters. The van der Waals surface area contributed by atoms with Crippen molar-refractivity contribution in [2.24, 2.45) is 5.92 Å². The van der Waals surface area contributed by atoms with Crippen LogP contribution in [0.3, 0.4) is 0 Å². The number of aliphatic hydroxyl groups is 1. The minimum absolute atomic E-state index is 0.134. The van der Waals surface area contributed by atoms with Crippen LogP contribution in [0.4, 0.5) is 0 Å². The molecule has 0 saturated heterocycles. The van der Waals surface area contributed by atoms with Crippen LogP contribution in [-0.4, -0.2) is 40.4 Å². The Morgan fingerprint density at radius 2 is 1.90 bits per heavy atom. The Hall–Kier alpha value is -1.31. The van der Waals surface area contributed by atoms with Gasteiger partial charge in [0, 0.05) is 12.6 Å². The van der Waals surface area contributed by atoms with Crippen molar-refractivity contribution in [2.45, 2.75) is 23.8 Å². The fourth-order valence-corrected chi connectivity index (χ4v) is 3.29. The van der Waals surface area contributed by atoms with Gasteiger partial charge in [0.2, 0.25) is 10.0 Å². The second-order valence-electron chi connectivity index (χ2n) is 4.86. The van der Waals surface area contributed by atoms with Crippen LogP contribution in [0.1, 0.15) is 12.8 Å². The SMILES string of the molecule is COc1ccc(S(=O)(=O)NCC2CC(O)C2)cc1OC. The van der Waals surface area contributed by atoms with Crippen LogP contribution in [0.5, 0.6) is 11.5 Å². The Morgan fingerprint density at radius 1 is 1.25 bits per heavy atom. The summed E-state index contributed by atoms with van der Waals surface area (Å²) in [4.78, 5) is 0.134. The first-order valence-corrected chi connectivity index (χ1v) is 7.84. The lowest BCUT2D eigenvalue weighted by atomic mass is 9.83. The number of benzene rings is 1. The van der Waals surface area contributed by atoms with Gasteiger partial charge in [0.15, 0.2) is 11.5 Å². The van der Waals surface area contributed by atoms with Crippen LogP contribution >= 0.6 is 0 Å². The second kappa shape index (κ2) is 5.99. The van der Waals surface area contributed by atoms with Gasteiger partial charge in [-0.25, -0.2) is 13.1 Å². The third-order valence-electron chi connectivity index (χ3n) is 3.44. The third kappa shape index (κ3) is 3.23. The standard InChI is InChI=1S/C13H19NO5S/c1-18-12-4-3-11(7-13(12)19-2)20(16,17)14-8-9-5-10(15)6-9/h3-4,7,9-10,14-15H,5-6,8H2,1-2H3. The highest BCUT2D eigenvalue weighted by Gasteiger charge is 2.28. The number of methoxy groups -OCH3 is 2. The molecule has 1 aliphatic carbocycles. The quantitative estimate of drug-likeness (QED) is 0.810. The highest BCUT2D eigenvalue weighted by Crippen LogP contribution is 2.30. The Kier molecular flexibility index (Phi) is 4.52. The molecule has 112 valence electrons. The van der Waals surface area contributed by atoms with Gasteiger partial charge in [-0.2, -0.15) is 0 Å². The average Bonchev–Trinajstić information content (AvgIpc) is 2.41. The summed E-state index contributed by atoms with van der Waals surface area (Å²) < 4.78 is 37.0. The number of hydrogen-bond donors (Lipinski definition) is 2. The first kappa shape index (κ1) is 15.1. The lowest BCUT2D eigenvalue weighted by molar-refractivity contribution is 0.0453. The van der Waals surface area contributed by atoms with Crippen molar-refractivity contribution in [3.8, 4) is 11.5 Å². The van der Waals surface area contributed by atoms with Gasteiger partial charge in [0.05, 0.1) is 25.2 Å². The van der Waals surface area contributed by atoms with E-state index in [0.717, 1.165) is 0 Å². The molecule has 0 radical (unpaired) electrons. The van der Waals surface area contributed by atoms with Crippen LogP contribution in [0.25, 0.3) is 0 Å². The van der Waals surface area contributed by atoms with Crippen molar-refractivity contribution < 1.29 is 23.0 Å². The van der Waals surface area contributed by atoms with Gasteiger partial charge in [0.25, 0.3) is 0 Å². The Balaban J connectivity index is 2.08. The van der Waals surface area contributed by atoms with E-state index < -0.39 is 10.0 Å². The highest BCUT2D eigenvalue weighted by atomic mass is 32.2. The zero-order valence-corrected chi connectivity index (χ0v) is 12.3. The largest absolute Gasteiger partial charge is 0.493 e. The van der Waals surface area contributed by atoms with Gasteiger partial charge in [-0.3, -0.25) is 0 Å². The summed E-state index contributed by atoms with van der Waals surface area (Å²) in [5.74, 6) is 1.06. The molecule has 7 heteroatoms. The summed E-state index contributed by atoms with van der Waals surface area (Å²) >= 11 is 0. The van der Waals surface area contributed by atoms with Crippen LogP contribution in [-0.2, 0) is 10.0 Å². The topological polar surface area (TPSA) is 84.9 Å². The van der Waals surface area contributed by atoms with E-state index >= 15 is 0 Å². The van der Waals surface area contributed by atoms with Gasteiger partial charge in [0.1, 0.15) is 0 Å². The molecule has 2 N–H and O–H groups in total. The summed E-state index contributed by atoms with van der Waals surface area (Å²) in [5.41, 5.74) is 0. The predicted molar refractivity (Wildman–Crippen MR) is 73.5 cm³/mol. The molecule has 0 aromatic heterocycles. The van der Waals surface area contributed by atoms with Crippen molar-refractivity contribution in [1.29, 1.82) is 0 Å². The van der Waals surface area contributed by atoms with Crippen molar-refractivity contribution in [2.75, 3.05) is 20.8 Å². The Morgan fingerprint density at radius 3 is 2.45 bits per heavy atom. The van der Waals surface area contributed by atoms with E-state index in [0.29, 0.717) is 30.9 Å². The fraction of sp³-hybridized carbons (Fsp3) is 0.538. The first-order chi connectivity index (χ1) is 9.46. The van der Waals surface area contributed by atoms with E-state index in [2.05, 4.69) is 4.72 Å². The molecule has 0 heterocycles. The highest BCUT2D eigenvalue weighted by molar-refractivity contribution is 7.89. The van der Waals surface area contributed by atoms with Crippen molar-refractivity contribution in [1.82, 2.24) is 4.72 Å². The third-order valence-corrected chi connectivity index (χ3v) is 4.86. The summed E-state index contributed by atoms with van der Waals surface area (Å²) in [6.07, 6.45) is 1.01. The fourth-order valence-electron chi connectivity index (χ4n) is 2.16. The maximum absolute atomic E-state index is 12.2. The van der Waals surface area contributed by atoms with Crippen molar-refractivity contribution >= 4 is 10.0 Å². The van der Waals surface area contributed by atoms with Gasteiger partial charge in [-0.1, -0.05) is 0 Å². The molecule has 0 atom stereocenters. The summed E-state index contributed by atoms with van der Waals surface area (Å²) in [5, 5.41) is 9.18. The van der Waals surface area contributed by atoms with Crippen LogP contribution < -0.4 is 14.2 Å². The second-order valence-corrected chi connectivity index (χ2v) is 6.63. The first-order valence-electron chi connectivity index (χ1n) is 6.36. The van der Waals surface area contributed by atoms with E-state index in [-0.39, 0.29) is 16.9 Å². The van der Waals surface area contributed by atoms with Crippen LogP contribution in [0.2, 0.25) is 0 Å². The minimum atomic E-state index is -3.57. The van der Waals surface area contributed by atoms with Crippen LogP contribution in [0.15, 0.2) is 23.1 Å². The lowest BCUT2D eigenvalue weighted by Crippen LogP contribution is -2.38. The molecule has 1 fully saturated rings. The number of hydrogen-bond acceptors (Lipinski definition) is 5. The van der Waals surface area contributed by atoms with Gasteiger partial charge < -0.3 is 14.6 Å². The molecule has 2 rings (SSSR count). The van der Waals surface area contributed by atoms with E-state index in [4.69, 9.17) is 9.47 Å². The number of sulfonamides is 1. The summed E-state index contributed by atoms with van der Waals surface area (Å²) in [6.45, 7) is 0.341. The smallest absolute Gasteiger partial charge is 0.240 e. The van der Waals surface area contributed by atoms with E-state index in [1.807, 2.05) is 0 Å². The number of aliphatic hydroxyl groups excluding tert-OH is 1. The molecule has 0 spiro atoms. The van der Waals surface area contributed by atoms with Crippen molar-refractivity contribution in [3.63, 3.8) is 0 Å². The molecule has 1 aromatic rings. The Labute approximate surface area is 118 Å². The minimum Gasteiger partial charge on any atom is -0.493 e. The molecular weight excluding hydrogens is 282 g/mol. The molecule has 0 bridgehead atoms. The molecular formula is C13H19NO5S. The molecule has 0 aliphatic heterocycles. The normalized spacial score (nSPS) is 22.1. The Bertz CT molecular complexity index is 566. The number of ether oxygens (including phenoxy) is 2. The van der Waals surface area contributed by atoms with Gasteiger partial charge in [-0.15, -0.1) is 0 Å². The number of nitrogens with one attached hydrogen (secondary N) is 1.